The fraction of sp³-hybridized carbons (Fsp3) is 0.346. The third-order valence-corrected chi connectivity index (χ3v) is 7.47. The number of rotatable bonds is 7. The number of halogens is 2. The number of carbonyl (C=O) groups is 1. The summed E-state index contributed by atoms with van der Waals surface area (Å²) in [6, 6.07) is 13.8. The van der Waals surface area contributed by atoms with E-state index in [2.05, 4.69) is 38.5 Å². The molecular formula is C26H27Cl2N5O2. The average molecular weight is 512 g/mol. The zero-order chi connectivity index (χ0) is 24.7. The number of aromatic nitrogens is 2. The van der Waals surface area contributed by atoms with Crippen LogP contribution in [0.1, 0.15) is 59.7 Å². The Kier molecular flexibility index (Phi) is 6.47. The zero-order valence-electron chi connectivity index (χ0n) is 19.6. The van der Waals surface area contributed by atoms with Crippen LogP contribution in [0.5, 0.6) is 0 Å². The summed E-state index contributed by atoms with van der Waals surface area (Å²) in [5, 5.41) is 17.8. The van der Waals surface area contributed by atoms with E-state index in [0.717, 1.165) is 35.2 Å². The molecule has 1 unspecified atom stereocenters. The van der Waals surface area contributed by atoms with Gasteiger partial charge in [-0.1, -0.05) is 65.5 Å². The number of carboxylic acids is 1. The van der Waals surface area contributed by atoms with Gasteiger partial charge in [0.2, 0.25) is 5.82 Å². The molecular weight excluding hydrogens is 485 g/mol. The van der Waals surface area contributed by atoms with Crippen LogP contribution in [0.3, 0.4) is 0 Å². The van der Waals surface area contributed by atoms with Gasteiger partial charge < -0.3 is 20.6 Å². The molecule has 1 aromatic heterocycles. The molecule has 2 aliphatic rings. The van der Waals surface area contributed by atoms with Gasteiger partial charge in [0.05, 0.1) is 0 Å². The fourth-order valence-electron chi connectivity index (χ4n) is 4.74. The molecule has 35 heavy (non-hydrogen) atoms. The van der Waals surface area contributed by atoms with Crippen LogP contribution in [0.15, 0.2) is 42.5 Å². The minimum absolute atomic E-state index is 0.156. The lowest BCUT2D eigenvalue weighted by molar-refractivity contribution is 0.0684. The van der Waals surface area contributed by atoms with Gasteiger partial charge in [-0.3, -0.25) is 0 Å². The smallest absolute Gasteiger partial charge is 0.374 e. The molecule has 2 aromatic carbocycles. The van der Waals surface area contributed by atoms with Crippen molar-refractivity contribution in [2.24, 2.45) is 5.92 Å². The first-order valence-electron chi connectivity index (χ1n) is 11.8. The van der Waals surface area contributed by atoms with Crippen molar-refractivity contribution in [1.29, 1.82) is 0 Å². The van der Waals surface area contributed by atoms with E-state index in [1.54, 1.807) is 6.07 Å². The highest BCUT2D eigenvalue weighted by atomic mass is 35.5. The lowest BCUT2D eigenvalue weighted by Gasteiger charge is -2.33. The van der Waals surface area contributed by atoms with Gasteiger partial charge in [-0.25, -0.2) is 14.8 Å². The molecule has 182 valence electrons. The number of hydrogen-bond acceptors (Lipinski definition) is 6. The van der Waals surface area contributed by atoms with Crippen molar-refractivity contribution >= 4 is 46.5 Å². The third kappa shape index (κ3) is 4.75. The van der Waals surface area contributed by atoms with Gasteiger partial charge in [-0.2, -0.15) is 0 Å². The lowest BCUT2D eigenvalue weighted by Crippen LogP contribution is -2.33. The first-order valence-corrected chi connectivity index (χ1v) is 12.5. The summed E-state index contributed by atoms with van der Waals surface area (Å²) in [6.45, 7) is 4.62. The van der Waals surface area contributed by atoms with Gasteiger partial charge in [-0.05, 0) is 55.9 Å². The minimum atomic E-state index is -1.17. The van der Waals surface area contributed by atoms with Crippen LogP contribution in [0.4, 0.5) is 17.3 Å². The Morgan fingerprint density at radius 2 is 2.03 bits per heavy atom. The maximum Gasteiger partial charge on any atom is 0.374 e. The van der Waals surface area contributed by atoms with Crippen molar-refractivity contribution in [1.82, 2.24) is 9.97 Å². The molecule has 3 N–H and O–H groups in total. The molecule has 1 aliphatic heterocycles. The quantitative estimate of drug-likeness (QED) is 0.332. The maximum absolute atomic E-state index is 11.9. The molecule has 0 spiro atoms. The van der Waals surface area contributed by atoms with Crippen LogP contribution in [0, 0.1) is 12.8 Å². The largest absolute Gasteiger partial charge is 0.475 e. The topological polar surface area (TPSA) is 90.4 Å². The van der Waals surface area contributed by atoms with E-state index in [0.29, 0.717) is 34.1 Å². The monoisotopic (exact) mass is 511 g/mol. The summed E-state index contributed by atoms with van der Waals surface area (Å²) < 4.78 is 0. The summed E-state index contributed by atoms with van der Waals surface area (Å²) >= 11 is 12.7. The number of anilines is 3. The summed E-state index contributed by atoms with van der Waals surface area (Å²) in [5.41, 5.74) is 3.78. The number of carboxylic acid groups (broad SMARTS) is 1. The first-order chi connectivity index (χ1) is 16.8. The van der Waals surface area contributed by atoms with Gasteiger partial charge in [0, 0.05) is 22.6 Å². The lowest BCUT2D eigenvalue weighted by atomic mass is 9.80. The van der Waals surface area contributed by atoms with Crippen molar-refractivity contribution in [3.63, 3.8) is 0 Å². The number of aromatic carboxylic acids is 1. The number of nitrogens with zero attached hydrogens (tertiary/aromatic N) is 3. The van der Waals surface area contributed by atoms with Crippen molar-refractivity contribution in [3.05, 3.63) is 75.0 Å². The molecule has 1 saturated carbocycles. The van der Waals surface area contributed by atoms with E-state index in [1.807, 2.05) is 37.3 Å². The molecule has 1 fully saturated rings. The first kappa shape index (κ1) is 23.7. The van der Waals surface area contributed by atoms with E-state index in [-0.39, 0.29) is 18.0 Å². The number of benzene rings is 2. The zero-order valence-corrected chi connectivity index (χ0v) is 21.1. The molecule has 0 radical (unpaired) electrons. The van der Waals surface area contributed by atoms with Crippen LogP contribution in [0.25, 0.3) is 0 Å². The molecule has 0 amide bonds. The summed E-state index contributed by atoms with van der Waals surface area (Å²) in [7, 11) is 0. The predicted octanol–water partition coefficient (Wildman–Crippen LogP) is 6.52. The van der Waals surface area contributed by atoms with Crippen molar-refractivity contribution in [3.8, 4) is 0 Å². The molecule has 2 heterocycles. The van der Waals surface area contributed by atoms with Crippen LogP contribution in [-0.4, -0.2) is 27.1 Å². The standard InChI is InChI=1S/C26H27Cl2N5O2/c1-14-5-3-8-17(11-14)25-32-23-21(33(25)13-18-9-10-19(27)12-20(18)28)22(30-24(31-23)26(34)35)29-15(2)16-6-4-7-16/h3,5,8-12,15-16,25H,4,6-7,13H2,1-2H3,(H,34,35)(H2,29,30,31,32)/t15-,25?/m1/s1. The Morgan fingerprint density at radius 1 is 1.23 bits per heavy atom. The summed E-state index contributed by atoms with van der Waals surface area (Å²) in [6.07, 6.45) is 3.25. The van der Waals surface area contributed by atoms with E-state index in [4.69, 9.17) is 23.2 Å². The van der Waals surface area contributed by atoms with Gasteiger partial charge >= 0.3 is 5.97 Å². The Morgan fingerprint density at radius 3 is 2.69 bits per heavy atom. The number of hydrogen-bond donors (Lipinski definition) is 3. The second-order valence-electron chi connectivity index (χ2n) is 9.35. The number of fused-ring (bicyclic) bond motifs is 1. The van der Waals surface area contributed by atoms with Crippen molar-refractivity contribution in [2.75, 3.05) is 15.5 Å². The Bertz CT molecular complexity index is 1280. The van der Waals surface area contributed by atoms with Crippen LogP contribution >= 0.6 is 23.2 Å². The predicted molar refractivity (Wildman–Crippen MR) is 140 cm³/mol. The summed E-state index contributed by atoms with van der Waals surface area (Å²) in [4.78, 5) is 22.8. The van der Waals surface area contributed by atoms with Crippen molar-refractivity contribution < 1.29 is 9.90 Å². The van der Waals surface area contributed by atoms with Gasteiger partial charge in [0.15, 0.2) is 11.6 Å². The van der Waals surface area contributed by atoms with E-state index < -0.39 is 5.97 Å². The van der Waals surface area contributed by atoms with Crippen molar-refractivity contribution in [2.45, 2.75) is 51.9 Å². The SMILES string of the molecule is Cc1cccc(C2Nc3nc(C(=O)O)nc(N[C@H](C)C4CCC4)c3N2Cc2ccc(Cl)cc2Cl)c1. The maximum atomic E-state index is 11.9. The second-order valence-corrected chi connectivity index (χ2v) is 10.2. The number of nitrogens with one attached hydrogen (secondary N) is 2. The highest BCUT2D eigenvalue weighted by Crippen LogP contribution is 2.46. The minimum Gasteiger partial charge on any atom is -0.475 e. The van der Waals surface area contributed by atoms with Gasteiger partial charge in [0.25, 0.3) is 0 Å². The van der Waals surface area contributed by atoms with E-state index >= 15 is 0 Å². The molecule has 0 saturated heterocycles. The normalized spacial score (nSPS) is 17.9. The Balaban J connectivity index is 1.61. The van der Waals surface area contributed by atoms with Gasteiger partial charge in [-0.15, -0.1) is 0 Å². The molecule has 5 rings (SSSR count). The van der Waals surface area contributed by atoms with Gasteiger partial charge in [0.1, 0.15) is 11.9 Å². The Labute approximate surface area is 214 Å². The number of aryl methyl sites for hydroxylation is 1. The van der Waals surface area contributed by atoms with Crippen LogP contribution in [-0.2, 0) is 6.54 Å². The molecule has 0 bridgehead atoms. The van der Waals surface area contributed by atoms with Crippen LogP contribution < -0.4 is 15.5 Å². The highest BCUT2D eigenvalue weighted by molar-refractivity contribution is 6.35. The summed E-state index contributed by atoms with van der Waals surface area (Å²) in [5.74, 6) is 0.126. The van der Waals surface area contributed by atoms with E-state index in [1.165, 1.54) is 6.42 Å². The average Bonchev–Trinajstić information content (AvgIpc) is 3.13. The molecule has 1 aliphatic carbocycles. The van der Waals surface area contributed by atoms with Crippen LogP contribution in [0.2, 0.25) is 10.0 Å². The third-order valence-electron chi connectivity index (χ3n) is 6.88. The van der Waals surface area contributed by atoms with E-state index in [9.17, 15) is 9.90 Å². The molecule has 3 aromatic rings. The molecule has 9 heteroatoms. The second kappa shape index (κ2) is 9.55. The molecule has 7 nitrogen and oxygen atoms in total. The fourth-order valence-corrected chi connectivity index (χ4v) is 5.21. The Hall–Kier alpha value is -3.03. The highest BCUT2D eigenvalue weighted by Gasteiger charge is 2.37. The molecule has 2 atom stereocenters.